The minimum absolute atomic E-state index is 0.169. The molecule has 0 spiro atoms. The fourth-order valence-corrected chi connectivity index (χ4v) is 3.04. The van der Waals surface area contributed by atoms with Crippen molar-refractivity contribution >= 4 is 51.3 Å². The van der Waals surface area contributed by atoms with Crippen molar-refractivity contribution in [3.8, 4) is 0 Å². The maximum atomic E-state index is 12.3. The van der Waals surface area contributed by atoms with Gasteiger partial charge in [-0.25, -0.2) is 0 Å². The molecule has 2 N–H and O–H groups in total. The summed E-state index contributed by atoms with van der Waals surface area (Å²) in [5.74, 6) is -0.169. The molecule has 0 aliphatic carbocycles. The largest absolute Gasteiger partial charge is 0.374 e. The molecule has 0 bridgehead atoms. The Kier molecular flexibility index (Phi) is 5.99. The zero-order chi connectivity index (χ0) is 16.1. The van der Waals surface area contributed by atoms with Gasteiger partial charge in [-0.2, -0.15) is 0 Å². The minimum Gasteiger partial charge on any atom is -0.374 e. The predicted octanol–water partition coefficient (Wildman–Crippen LogP) is 4.24. The third-order valence-corrected chi connectivity index (χ3v) is 4.35. The van der Waals surface area contributed by atoms with Crippen LogP contribution < -0.4 is 10.6 Å². The number of carbonyl (C=O) groups excluding carboxylic acids is 1. The van der Waals surface area contributed by atoms with Crippen molar-refractivity contribution < 1.29 is 4.79 Å². The quantitative estimate of drug-likeness (QED) is 0.810. The van der Waals surface area contributed by atoms with Crippen LogP contribution in [0.2, 0.25) is 10.0 Å². The molecule has 1 aromatic heterocycles. The maximum absolute atomic E-state index is 12.3. The average Bonchev–Trinajstić information content (AvgIpc) is 2.91. The molecule has 1 heterocycles. The summed E-state index contributed by atoms with van der Waals surface area (Å²) < 4.78 is 0. The second-order valence-corrected chi connectivity index (χ2v) is 6.54. The molecule has 8 heteroatoms. The van der Waals surface area contributed by atoms with Crippen LogP contribution in [-0.4, -0.2) is 22.1 Å². The van der Waals surface area contributed by atoms with Crippen LogP contribution in [0.5, 0.6) is 0 Å². The molecule has 2 aromatic rings. The zero-order valence-corrected chi connectivity index (χ0v) is 14.5. The molecular weight excluding hydrogens is 343 g/mol. The number of hydrogen-bond acceptors (Lipinski definition) is 5. The summed E-state index contributed by atoms with van der Waals surface area (Å²) in [6.07, 6.45) is 1.40. The normalized spacial score (nSPS) is 12.0. The molecule has 0 radical (unpaired) electrons. The lowest BCUT2D eigenvalue weighted by atomic mass is 10.2. The lowest BCUT2D eigenvalue weighted by Crippen LogP contribution is -2.34. The Bertz CT molecular complexity index is 642. The molecule has 0 saturated carbocycles. The summed E-state index contributed by atoms with van der Waals surface area (Å²) in [7, 11) is 0. The maximum Gasteiger partial charge on any atom is 0.248 e. The first-order valence-corrected chi connectivity index (χ1v) is 8.45. The van der Waals surface area contributed by atoms with Crippen LogP contribution in [0.25, 0.3) is 0 Å². The van der Waals surface area contributed by atoms with Crippen molar-refractivity contribution in [1.82, 2.24) is 10.2 Å². The van der Waals surface area contributed by atoms with E-state index in [0.29, 0.717) is 27.3 Å². The number of rotatable bonds is 6. The van der Waals surface area contributed by atoms with Crippen LogP contribution in [0.1, 0.15) is 25.3 Å². The van der Waals surface area contributed by atoms with Gasteiger partial charge in [0.1, 0.15) is 11.0 Å². The Labute approximate surface area is 143 Å². The number of aryl methyl sites for hydroxylation is 1. The highest BCUT2D eigenvalue weighted by Crippen LogP contribution is 2.23. The smallest absolute Gasteiger partial charge is 0.248 e. The van der Waals surface area contributed by atoms with Crippen LogP contribution in [-0.2, 0) is 11.2 Å². The minimum atomic E-state index is -0.413. The van der Waals surface area contributed by atoms with Gasteiger partial charge >= 0.3 is 0 Å². The van der Waals surface area contributed by atoms with Gasteiger partial charge in [0.15, 0.2) is 0 Å². The van der Waals surface area contributed by atoms with Crippen molar-refractivity contribution in [3.63, 3.8) is 0 Å². The second-order valence-electron chi connectivity index (χ2n) is 4.61. The van der Waals surface area contributed by atoms with E-state index >= 15 is 0 Å². The van der Waals surface area contributed by atoms with Gasteiger partial charge in [-0.15, -0.1) is 10.2 Å². The highest BCUT2D eigenvalue weighted by Gasteiger charge is 2.18. The first kappa shape index (κ1) is 17.0. The van der Waals surface area contributed by atoms with Crippen molar-refractivity contribution in [3.05, 3.63) is 33.3 Å². The molecule has 0 saturated heterocycles. The Morgan fingerprint density at radius 3 is 2.45 bits per heavy atom. The molecule has 1 atom stereocenters. The average molecular weight is 359 g/mol. The van der Waals surface area contributed by atoms with E-state index in [0.717, 1.165) is 11.4 Å². The third kappa shape index (κ3) is 4.56. The van der Waals surface area contributed by atoms with E-state index in [1.165, 1.54) is 11.3 Å². The predicted molar refractivity (Wildman–Crippen MR) is 92.1 cm³/mol. The van der Waals surface area contributed by atoms with E-state index in [4.69, 9.17) is 23.2 Å². The number of benzene rings is 1. The van der Waals surface area contributed by atoms with Crippen molar-refractivity contribution in [2.24, 2.45) is 0 Å². The SMILES string of the molecule is CCc1nnc(NC(=O)[C@H](CC)Nc2cc(Cl)cc(Cl)c2)s1. The molecular formula is C14H16Cl2N4OS. The number of nitrogens with zero attached hydrogens (tertiary/aromatic N) is 2. The topological polar surface area (TPSA) is 66.9 Å². The highest BCUT2D eigenvalue weighted by molar-refractivity contribution is 7.15. The molecule has 22 heavy (non-hydrogen) atoms. The molecule has 118 valence electrons. The van der Waals surface area contributed by atoms with Gasteiger partial charge in [-0.3, -0.25) is 10.1 Å². The molecule has 5 nitrogen and oxygen atoms in total. The van der Waals surface area contributed by atoms with E-state index in [9.17, 15) is 4.79 Å². The van der Waals surface area contributed by atoms with Gasteiger partial charge in [0, 0.05) is 15.7 Å². The Morgan fingerprint density at radius 1 is 1.23 bits per heavy atom. The van der Waals surface area contributed by atoms with Gasteiger partial charge in [0.05, 0.1) is 0 Å². The zero-order valence-electron chi connectivity index (χ0n) is 12.2. The monoisotopic (exact) mass is 358 g/mol. The van der Waals surface area contributed by atoms with Crippen LogP contribution in [0.15, 0.2) is 18.2 Å². The van der Waals surface area contributed by atoms with E-state index in [2.05, 4.69) is 20.8 Å². The lowest BCUT2D eigenvalue weighted by Gasteiger charge is -2.17. The van der Waals surface area contributed by atoms with Crippen LogP contribution in [0.4, 0.5) is 10.8 Å². The standard InChI is InChI=1S/C14H16Cl2N4OS/c1-3-11(17-10-6-8(15)5-9(16)7-10)13(21)18-14-20-19-12(4-2)22-14/h5-7,11,17H,3-4H2,1-2H3,(H,18,20,21)/t11-/m0/s1. The van der Waals surface area contributed by atoms with Crippen molar-refractivity contribution in [2.75, 3.05) is 10.6 Å². The fraction of sp³-hybridized carbons (Fsp3) is 0.357. The molecule has 1 amide bonds. The molecule has 2 rings (SSSR count). The van der Waals surface area contributed by atoms with E-state index in [-0.39, 0.29) is 5.91 Å². The Hall–Kier alpha value is -1.37. The number of halogens is 2. The molecule has 0 aliphatic heterocycles. The van der Waals surface area contributed by atoms with Gasteiger partial charge in [-0.05, 0) is 31.0 Å². The summed E-state index contributed by atoms with van der Waals surface area (Å²) in [6, 6.07) is 4.68. The molecule has 1 aromatic carbocycles. The number of carbonyl (C=O) groups is 1. The Morgan fingerprint density at radius 2 is 1.91 bits per heavy atom. The molecule has 0 fully saturated rings. The number of anilines is 2. The first-order chi connectivity index (χ1) is 10.5. The van der Waals surface area contributed by atoms with Crippen molar-refractivity contribution in [1.29, 1.82) is 0 Å². The highest BCUT2D eigenvalue weighted by atomic mass is 35.5. The van der Waals surface area contributed by atoms with Crippen LogP contribution >= 0.6 is 34.5 Å². The van der Waals surface area contributed by atoms with Gasteiger partial charge in [-0.1, -0.05) is 48.4 Å². The summed E-state index contributed by atoms with van der Waals surface area (Å²) in [5.41, 5.74) is 0.700. The summed E-state index contributed by atoms with van der Waals surface area (Å²) in [4.78, 5) is 12.3. The Balaban J connectivity index is 2.05. The van der Waals surface area contributed by atoms with Gasteiger partial charge in [0.25, 0.3) is 0 Å². The van der Waals surface area contributed by atoms with Gasteiger partial charge < -0.3 is 5.32 Å². The number of nitrogens with one attached hydrogen (secondary N) is 2. The molecule has 0 unspecified atom stereocenters. The summed E-state index contributed by atoms with van der Waals surface area (Å²) in [6.45, 7) is 3.91. The fourth-order valence-electron chi connectivity index (χ4n) is 1.83. The van der Waals surface area contributed by atoms with Crippen LogP contribution in [0, 0.1) is 0 Å². The van der Waals surface area contributed by atoms with E-state index in [1.807, 2.05) is 13.8 Å². The summed E-state index contributed by atoms with van der Waals surface area (Å²) >= 11 is 13.3. The van der Waals surface area contributed by atoms with E-state index in [1.54, 1.807) is 18.2 Å². The van der Waals surface area contributed by atoms with Crippen LogP contribution in [0.3, 0.4) is 0 Å². The number of amides is 1. The summed E-state index contributed by atoms with van der Waals surface area (Å²) in [5, 5.41) is 16.2. The second kappa shape index (κ2) is 7.76. The number of hydrogen-bond donors (Lipinski definition) is 2. The van der Waals surface area contributed by atoms with Crippen molar-refractivity contribution in [2.45, 2.75) is 32.7 Å². The third-order valence-electron chi connectivity index (χ3n) is 2.93. The molecule has 0 aliphatic rings. The van der Waals surface area contributed by atoms with Gasteiger partial charge in [0.2, 0.25) is 11.0 Å². The van der Waals surface area contributed by atoms with E-state index < -0.39 is 6.04 Å². The first-order valence-electron chi connectivity index (χ1n) is 6.87. The lowest BCUT2D eigenvalue weighted by molar-refractivity contribution is -0.117. The number of aromatic nitrogens is 2.